The molecule has 7 nitrogen and oxygen atoms in total. The Morgan fingerprint density at radius 2 is 2.03 bits per heavy atom. The maximum Gasteiger partial charge on any atom is 0.131 e. The summed E-state index contributed by atoms with van der Waals surface area (Å²) < 4.78 is 2.04. The van der Waals surface area contributed by atoms with Crippen molar-refractivity contribution >= 4 is 17.3 Å². The van der Waals surface area contributed by atoms with Crippen molar-refractivity contribution in [2.75, 3.05) is 16.8 Å². The van der Waals surface area contributed by atoms with Crippen LogP contribution in [0.3, 0.4) is 0 Å². The number of hydrogen-bond acceptors (Lipinski definition) is 6. The van der Waals surface area contributed by atoms with Crippen LogP contribution >= 0.6 is 0 Å². The maximum absolute atomic E-state index is 9.09. The van der Waals surface area contributed by atoms with Crippen LogP contribution in [0, 0.1) is 25.2 Å². The van der Waals surface area contributed by atoms with E-state index >= 15 is 0 Å². The van der Waals surface area contributed by atoms with Crippen molar-refractivity contribution in [2.45, 2.75) is 53.1 Å². The summed E-state index contributed by atoms with van der Waals surface area (Å²) in [5, 5.41) is 17.2. The van der Waals surface area contributed by atoms with Gasteiger partial charge in [0.2, 0.25) is 0 Å². The van der Waals surface area contributed by atoms with E-state index in [9.17, 15) is 0 Å². The van der Waals surface area contributed by atoms with Gasteiger partial charge in [-0.25, -0.2) is 9.67 Å². The van der Waals surface area contributed by atoms with Crippen LogP contribution in [0.15, 0.2) is 30.6 Å². The number of nitriles is 1. The molecular formula is C23H27N7. The predicted molar refractivity (Wildman–Crippen MR) is 118 cm³/mol. The van der Waals surface area contributed by atoms with Crippen LogP contribution in [-0.2, 0) is 19.5 Å². The largest absolute Gasteiger partial charge is 0.352 e. The number of unbranched alkanes of at least 4 members (excludes halogenated alkanes) is 1. The molecule has 0 aromatic carbocycles. The first kappa shape index (κ1) is 19.9. The molecule has 7 heteroatoms. The first-order valence-corrected chi connectivity index (χ1v) is 10.5. The van der Waals surface area contributed by atoms with Crippen LogP contribution in [-0.4, -0.2) is 26.3 Å². The number of anilines is 3. The van der Waals surface area contributed by atoms with Gasteiger partial charge < -0.3 is 10.2 Å². The SMILES string of the molecule is CCCCn1nc(C)cc1Nc1cnc2c(c1)CN(c1ncc(C#N)cc1C)CC2. The number of fused-ring (bicyclic) bond motifs is 1. The lowest BCUT2D eigenvalue weighted by Gasteiger charge is -2.30. The summed E-state index contributed by atoms with van der Waals surface area (Å²) in [7, 11) is 0. The summed E-state index contributed by atoms with van der Waals surface area (Å²) in [4.78, 5) is 11.5. The Labute approximate surface area is 177 Å². The van der Waals surface area contributed by atoms with Crippen LogP contribution < -0.4 is 10.2 Å². The van der Waals surface area contributed by atoms with Gasteiger partial charge in [-0.05, 0) is 43.5 Å². The number of pyridine rings is 2. The average molecular weight is 402 g/mol. The summed E-state index contributed by atoms with van der Waals surface area (Å²) >= 11 is 0. The Bertz CT molecular complexity index is 1090. The van der Waals surface area contributed by atoms with Crippen LogP contribution in [0.25, 0.3) is 0 Å². The van der Waals surface area contributed by atoms with Crippen LogP contribution in [0.4, 0.5) is 17.3 Å². The monoisotopic (exact) mass is 401 g/mol. The minimum absolute atomic E-state index is 0.594. The fraction of sp³-hybridized carbons (Fsp3) is 0.391. The van der Waals surface area contributed by atoms with Gasteiger partial charge in [0.1, 0.15) is 17.7 Å². The number of rotatable bonds is 6. The molecule has 0 saturated heterocycles. The van der Waals surface area contributed by atoms with E-state index < -0.39 is 0 Å². The second kappa shape index (κ2) is 8.54. The molecule has 0 saturated carbocycles. The molecule has 154 valence electrons. The number of aryl methyl sites for hydroxylation is 3. The van der Waals surface area contributed by atoms with Crippen molar-refractivity contribution in [3.8, 4) is 6.07 Å². The zero-order valence-electron chi connectivity index (χ0n) is 17.8. The highest BCUT2D eigenvalue weighted by Crippen LogP contribution is 2.27. The molecule has 0 bridgehead atoms. The maximum atomic E-state index is 9.09. The van der Waals surface area contributed by atoms with E-state index in [4.69, 9.17) is 10.2 Å². The number of hydrogen-bond donors (Lipinski definition) is 1. The van der Waals surface area contributed by atoms with Gasteiger partial charge in [0.25, 0.3) is 0 Å². The third-order valence-electron chi connectivity index (χ3n) is 5.42. The van der Waals surface area contributed by atoms with Crippen molar-refractivity contribution < 1.29 is 0 Å². The molecule has 0 amide bonds. The van der Waals surface area contributed by atoms with Gasteiger partial charge in [-0.2, -0.15) is 10.4 Å². The Morgan fingerprint density at radius 3 is 2.80 bits per heavy atom. The highest BCUT2D eigenvalue weighted by molar-refractivity contribution is 5.58. The molecular weight excluding hydrogens is 374 g/mol. The third kappa shape index (κ3) is 4.13. The number of nitrogens with one attached hydrogen (secondary N) is 1. The fourth-order valence-electron chi connectivity index (χ4n) is 3.91. The van der Waals surface area contributed by atoms with Crippen molar-refractivity contribution in [1.29, 1.82) is 5.26 Å². The van der Waals surface area contributed by atoms with Crippen molar-refractivity contribution in [1.82, 2.24) is 19.7 Å². The quantitative estimate of drug-likeness (QED) is 0.664. The van der Waals surface area contributed by atoms with Gasteiger partial charge in [-0.3, -0.25) is 4.98 Å². The van der Waals surface area contributed by atoms with Crippen LogP contribution in [0.2, 0.25) is 0 Å². The molecule has 0 atom stereocenters. The number of aromatic nitrogens is 4. The zero-order chi connectivity index (χ0) is 21.1. The first-order chi connectivity index (χ1) is 14.6. The normalized spacial score (nSPS) is 13.1. The topological polar surface area (TPSA) is 82.7 Å². The minimum atomic E-state index is 0.594. The molecule has 3 aromatic rings. The summed E-state index contributed by atoms with van der Waals surface area (Å²) in [5.74, 6) is 1.94. The van der Waals surface area contributed by atoms with Gasteiger partial charge in [0.15, 0.2) is 0 Å². The number of nitrogens with zero attached hydrogens (tertiary/aromatic N) is 6. The lowest BCUT2D eigenvalue weighted by molar-refractivity contribution is 0.574. The molecule has 4 rings (SSSR count). The van der Waals surface area contributed by atoms with E-state index in [1.54, 1.807) is 6.20 Å². The summed E-state index contributed by atoms with van der Waals surface area (Å²) in [6, 6.07) is 8.31. The van der Waals surface area contributed by atoms with Gasteiger partial charge in [0, 0.05) is 44.0 Å². The van der Waals surface area contributed by atoms with E-state index in [1.807, 2.05) is 30.8 Å². The Balaban J connectivity index is 1.55. The fourth-order valence-corrected chi connectivity index (χ4v) is 3.91. The molecule has 0 unspecified atom stereocenters. The second-order valence-electron chi connectivity index (χ2n) is 7.85. The zero-order valence-corrected chi connectivity index (χ0v) is 17.8. The molecule has 30 heavy (non-hydrogen) atoms. The molecule has 0 spiro atoms. The van der Waals surface area contributed by atoms with E-state index in [2.05, 4.69) is 45.4 Å². The molecule has 1 aliphatic rings. The minimum Gasteiger partial charge on any atom is -0.352 e. The van der Waals surface area contributed by atoms with Crippen molar-refractivity contribution in [3.63, 3.8) is 0 Å². The average Bonchev–Trinajstić information content (AvgIpc) is 3.10. The first-order valence-electron chi connectivity index (χ1n) is 10.5. The molecule has 0 aliphatic carbocycles. The van der Waals surface area contributed by atoms with Gasteiger partial charge >= 0.3 is 0 Å². The highest BCUT2D eigenvalue weighted by Gasteiger charge is 2.20. The Hall–Kier alpha value is -3.40. The molecule has 1 aliphatic heterocycles. The molecule has 3 aromatic heterocycles. The summed E-state index contributed by atoms with van der Waals surface area (Å²) in [5.41, 5.74) is 5.93. The van der Waals surface area contributed by atoms with Gasteiger partial charge in [-0.15, -0.1) is 0 Å². The predicted octanol–water partition coefficient (Wildman–Crippen LogP) is 4.27. The molecule has 0 radical (unpaired) electrons. The Morgan fingerprint density at radius 1 is 1.17 bits per heavy atom. The van der Waals surface area contributed by atoms with Crippen molar-refractivity contribution in [2.24, 2.45) is 0 Å². The van der Waals surface area contributed by atoms with E-state index in [1.165, 1.54) is 5.56 Å². The lowest BCUT2D eigenvalue weighted by Crippen LogP contribution is -2.32. The van der Waals surface area contributed by atoms with E-state index in [0.717, 1.165) is 73.2 Å². The van der Waals surface area contributed by atoms with Crippen LogP contribution in [0.1, 0.15) is 47.8 Å². The highest BCUT2D eigenvalue weighted by atomic mass is 15.3. The lowest BCUT2D eigenvalue weighted by atomic mass is 10.0. The standard InChI is InChI=1S/C23H27N7/c1-4-5-7-30-22(10-17(3)28-30)27-20-11-19-15-29(8-6-21(19)25-14-20)23-16(2)9-18(12-24)13-26-23/h9-11,13-14,27H,4-8,15H2,1-3H3. The second-order valence-corrected chi connectivity index (χ2v) is 7.85. The van der Waals surface area contributed by atoms with Crippen LogP contribution in [0.5, 0.6) is 0 Å². The smallest absolute Gasteiger partial charge is 0.131 e. The molecule has 0 fully saturated rings. The third-order valence-corrected chi connectivity index (χ3v) is 5.42. The Kier molecular flexibility index (Phi) is 5.66. The van der Waals surface area contributed by atoms with Crippen molar-refractivity contribution in [3.05, 3.63) is 58.7 Å². The molecule has 1 N–H and O–H groups in total. The van der Waals surface area contributed by atoms with E-state index in [0.29, 0.717) is 5.56 Å². The summed E-state index contributed by atoms with van der Waals surface area (Å²) in [6.45, 7) is 8.74. The molecule has 4 heterocycles. The van der Waals surface area contributed by atoms with Gasteiger partial charge in [-0.1, -0.05) is 13.3 Å². The summed E-state index contributed by atoms with van der Waals surface area (Å²) in [6.07, 6.45) is 6.67. The van der Waals surface area contributed by atoms with Gasteiger partial charge in [0.05, 0.1) is 23.1 Å². The van der Waals surface area contributed by atoms with E-state index in [-0.39, 0.29) is 0 Å².